The number of benzene rings is 2. The van der Waals surface area contributed by atoms with Crippen molar-refractivity contribution in [3.63, 3.8) is 0 Å². The largest absolute Gasteiger partial charge is 0.399 e. The molecule has 2 rings (SSSR count). The summed E-state index contributed by atoms with van der Waals surface area (Å²) in [7, 11) is 0. The minimum atomic E-state index is 0.757. The number of aryl methyl sites for hydroxylation is 1. The maximum Gasteiger partial charge on any atom is 0.0385 e. The van der Waals surface area contributed by atoms with Gasteiger partial charge in [-0.15, -0.1) is 0 Å². The van der Waals surface area contributed by atoms with E-state index in [4.69, 9.17) is 5.73 Å². The molecule has 0 fully saturated rings. The maximum atomic E-state index is 5.67. The number of anilines is 3. The van der Waals surface area contributed by atoms with Crippen molar-refractivity contribution in [2.45, 2.75) is 26.7 Å². The van der Waals surface area contributed by atoms with Crippen LogP contribution in [-0.4, -0.2) is 0 Å². The van der Waals surface area contributed by atoms with Crippen LogP contribution >= 0.6 is 0 Å². The van der Waals surface area contributed by atoms with Gasteiger partial charge >= 0.3 is 0 Å². The minimum absolute atomic E-state index is 0.757. The maximum absolute atomic E-state index is 5.67. The van der Waals surface area contributed by atoms with Gasteiger partial charge in [0.25, 0.3) is 0 Å². The van der Waals surface area contributed by atoms with E-state index in [-0.39, 0.29) is 0 Å². The summed E-state index contributed by atoms with van der Waals surface area (Å²) in [5.74, 6) is 0.757. The molecule has 0 saturated heterocycles. The molecule has 0 aliphatic rings. The number of nitrogen functional groups attached to an aromatic ring is 1. The van der Waals surface area contributed by atoms with Gasteiger partial charge in [-0.05, 0) is 60.7 Å². The summed E-state index contributed by atoms with van der Waals surface area (Å²) >= 11 is 0. The van der Waals surface area contributed by atoms with E-state index in [0.29, 0.717) is 0 Å². The Morgan fingerprint density at radius 3 is 1.95 bits per heavy atom. The van der Waals surface area contributed by atoms with E-state index in [2.05, 4.69) is 43.4 Å². The van der Waals surface area contributed by atoms with Gasteiger partial charge < -0.3 is 11.1 Å². The zero-order valence-corrected chi connectivity index (χ0v) is 11.7. The molecule has 2 heteroatoms. The predicted molar refractivity (Wildman–Crippen MR) is 83.7 cm³/mol. The van der Waals surface area contributed by atoms with Crippen molar-refractivity contribution in [1.29, 1.82) is 0 Å². The van der Waals surface area contributed by atoms with Crippen molar-refractivity contribution in [3.8, 4) is 0 Å². The van der Waals surface area contributed by atoms with Gasteiger partial charge in [-0.25, -0.2) is 0 Å². The molecule has 0 aliphatic heterocycles. The van der Waals surface area contributed by atoms with E-state index in [1.54, 1.807) is 0 Å². The standard InChI is InChI=1S/C17H22N2/c1-13(2)3-4-14-5-9-16(10-6-14)19-17-11-7-15(18)8-12-17/h5-13,19H,3-4,18H2,1-2H3. The number of hydrogen-bond acceptors (Lipinski definition) is 2. The Kier molecular flexibility index (Phi) is 4.45. The number of nitrogens with one attached hydrogen (secondary N) is 1. The zero-order chi connectivity index (χ0) is 13.7. The van der Waals surface area contributed by atoms with Crippen LogP contribution in [0.2, 0.25) is 0 Å². The Hall–Kier alpha value is -1.96. The van der Waals surface area contributed by atoms with Crippen LogP contribution in [0.1, 0.15) is 25.8 Å². The molecule has 0 radical (unpaired) electrons. The lowest BCUT2D eigenvalue weighted by molar-refractivity contribution is 0.587. The lowest BCUT2D eigenvalue weighted by atomic mass is 10.0. The van der Waals surface area contributed by atoms with Crippen molar-refractivity contribution in [2.75, 3.05) is 11.1 Å². The summed E-state index contributed by atoms with van der Waals surface area (Å²) in [6, 6.07) is 16.4. The molecule has 19 heavy (non-hydrogen) atoms. The molecule has 0 saturated carbocycles. The Labute approximate surface area is 115 Å². The topological polar surface area (TPSA) is 38.0 Å². The van der Waals surface area contributed by atoms with Gasteiger partial charge in [-0.3, -0.25) is 0 Å². The Bertz CT molecular complexity index is 498. The Morgan fingerprint density at radius 2 is 1.42 bits per heavy atom. The van der Waals surface area contributed by atoms with Crippen LogP contribution in [0.3, 0.4) is 0 Å². The highest BCUT2D eigenvalue weighted by atomic mass is 14.9. The van der Waals surface area contributed by atoms with Crippen LogP contribution in [0, 0.1) is 5.92 Å². The summed E-state index contributed by atoms with van der Waals surface area (Å²) in [5.41, 5.74) is 10.0. The SMILES string of the molecule is CC(C)CCc1ccc(Nc2ccc(N)cc2)cc1. The molecule has 2 aromatic rings. The van der Waals surface area contributed by atoms with Crippen molar-refractivity contribution in [2.24, 2.45) is 5.92 Å². The second-order valence-electron chi connectivity index (χ2n) is 5.38. The number of rotatable bonds is 5. The van der Waals surface area contributed by atoms with E-state index in [1.807, 2.05) is 24.3 Å². The molecule has 0 aromatic heterocycles. The molecule has 2 nitrogen and oxygen atoms in total. The molecule has 0 bridgehead atoms. The molecule has 3 N–H and O–H groups in total. The fourth-order valence-electron chi connectivity index (χ4n) is 1.94. The first-order chi connectivity index (χ1) is 9.13. The summed E-state index contributed by atoms with van der Waals surface area (Å²) < 4.78 is 0. The Balaban J connectivity index is 1.96. The van der Waals surface area contributed by atoms with Crippen LogP contribution in [-0.2, 0) is 6.42 Å². The fraction of sp³-hybridized carbons (Fsp3) is 0.294. The third-order valence-electron chi connectivity index (χ3n) is 3.16. The van der Waals surface area contributed by atoms with Crippen molar-refractivity contribution in [3.05, 3.63) is 54.1 Å². The minimum Gasteiger partial charge on any atom is -0.399 e. The lowest BCUT2D eigenvalue weighted by Gasteiger charge is -2.09. The highest BCUT2D eigenvalue weighted by Gasteiger charge is 1.98. The number of nitrogens with two attached hydrogens (primary N) is 1. The molecule has 0 aliphatic carbocycles. The highest BCUT2D eigenvalue weighted by Crippen LogP contribution is 2.19. The molecule has 2 aromatic carbocycles. The summed E-state index contributed by atoms with van der Waals surface area (Å²) in [6.07, 6.45) is 2.39. The second-order valence-corrected chi connectivity index (χ2v) is 5.38. The van der Waals surface area contributed by atoms with Gasteiger partial charge in [0.2, 0.25) is 0 Å². The van der Waals surface area contributed by atoms with E-state index in [1.165, 1.54) is 12.0 Å². The smallest absolute Gasteiger partial charge is 0.0385 e. The second kappa shape index (κ2) is 6.28. The molecule has 0 heterocycles. The molecule has 0 atom stereocenters. The van der Waals surface area contributed by atoms with Gasteiger partial charge in [0.05, 0.1) is 0 Å². The highest BCUT2D eigenvalue weighted by molar-refractivity contribution is 5.61. The normalized spacial score (nSPS) is 10.7. The van der Waals surface area contributed by atoms with Gasteiger partial charge in [-0.1, -0.05) is 26.0 Å². The molecule has 0 spiro atoms. The molecular formula is C17H22N2. The third kappa shape index (κ3) is 4.32. The van der Waals surface area contributed by atoms with Crippen LogP contribution in [0.15, 0.2) is 48.5 Å². The van der Waals surface area contributed by atoms with Crippen LogP contribution in [0.25, 0.3) is 0 Å². The van der Waals surface area contributed by atoms with Crippen LogP contribution in [0.5, 0.6) is 0 Å². The van der Waals surface area contributed by atoms with Crippen molar-refractivity contribution >= 4 is 17.1 Å². The summed E-state index contributed by atoms with van der Waals surface area (Å²) in [4.78, 5) is 0. The lowest BCUT2D eigenvalue weighted by Crippen LogP contribution is -1.94. The molecule has 0 amide bonds. The molecule has 100 valence electrons. The first kappa shape index (κ1) is 13.5. The molecular weight excluding hydrogens is 232 g/mol. The fourth-order valence-corrected chi connectivity index (χ4v) is 1.94. The van der Waals surface area contributed by atoms with E-state index in [0.717, 1.165) is 29.4 Å². The predicted octanol–water partition coefficient (Wildman–Crippen LogP) is 4.60. The molecule has 0 unspecified atom stereocenters. The summed E-state index contributed by atoms with van der Waals surface area (Å²) in [6.45, 7) is 4.52. The summed E-state index contributed by atoms with van der Waals surface area (Å²) in [5, 5.41) is 3.37. The van der Waals surface area contributed by atoms with E-state index < -0.39 is 0 Å². The average Bonchev–Trinajstić information content (AvgIpc) is 2.40. The van der Waals surface area contributed by atoms with Crippen LogP contribution < -0.4 is 11.1 Å². The third-order valence-corrected chi connectivity index (χ3v) is 3.16. The Morgan fingerprint density at radius 1 is 0.895 bits per heavy atom. The van der Waals surface area contributed by atoms with Gasteiger partial charge in [0.1, 0.15) is 0 Å². The zero-order valence-electron chi connectivity index (χ0n) is 11.7. The van der Waals surface area contributed by atoms with Gasteiger partial charge in [0.15, 0.2) is 0 Å². The van der Waals surface area contributed by atoms with Crippen LogP contribution in [0.4, 0.5) is 17.1 Å². The monoisotopic (exact) mass is 254 g/mol. The first-order valence-electron chi connectivity index (χ1n) is 6.85. The van der Waals surface area contributed by atoms with E-state index >= 15 is 0 Å². The quantitative estimate of drug-likeness (QED) is 0.765. The van der Waals surface area contributed by atoms with Gasteiger partial charge in [-0.2, -0.15) is 0 Å². The number of hydrogen-bond donors (Lipinski definition) is 2. The van der Waals surface area contributed by atoms with E-state index in [9.17, 15) is 0 Å². The van der Waals surface area contributed by atoms with Gasteiger partial charge in [0, 0.05) is 17.1 Å². The van der Waals surface area contributed by atoms with Crippen molar-refractivity contribution in [1.82, 2.24) is 0 Å². The average molecular weight is 254 g/mol. The first-order valence-corrected chi connectivity index (χ1v) is 6.85. The van der Waals surface area contributed by atoms with Crippen molar-refractivity contribution < 1.29 is 0 Å².